The fourth-order valence-electron chi connectivity index (χ4n) is 3.75. The third-order valence-electron chi connectivity index (χ3n) is 5.34. The number of amides is 2. The summed E-state index contributed by atoms with van der Waals surface area (Å²) in [5.41, 5.74) is 4.87. The summed E-state index contributed by atoms with van der Waals surface area (Å²) < 4.78 is 39.5. The first-order chi connectivity index (χ1) is 11.7. The second-order valence-corrected chi connectivity index (χ2v) is 7.05. The summed E-state index contributed by atoms with van der Waals surface area (Å²) in [6.45, 7) is 2.16. The molecule has 2 amide bonds. The predicted octanol–water partition coefficient (Wildman–Crippen LogP) is 2.92. The Morgan fingerprint density at radius 1 is 1.20 bits per heavy atom. The van der Waals surface area contributed by atoms with E-state index in [2.05, 4.69) is 0 Å². The van der Waals surface area contributed by atoms with E-state index in [1.54, 1.807) is 11.0 Å². The lowest BCUT2D eigenvalue weighted by Crippen LogP contribution is -2.49. The Morgan fingerprint density at radius 3 is 2.52 bits per heavy atom. The van der Waals surface area contributed by atoms with Crippen LogP contribution in [0.15, 0.2) is 24.3 Å². The highest BCUT2D eigenvalue weighted by molar-refractivity contribution is 5.85. The summed E-state index contributed by atoms with van der Waals surface area (Å²) in [5.74, 6) is -1.83. The molecule has 2 fully saturated rings. The van der Waals surface area contributed by atoms with E-state index in [0.717, 1.165) is 6.07 Å². The van der Waals surface area contributed by atoms with Crippen molar-refractivity contribution in [3.8, 4) is 0 Å². The van der Waals surface area contributed by atoms with Crippen LogP contribution in [0.3, 0.4) is 0 Å². The maximum atomic E-state index is 13.2. The zero-order valence-corrected chi connectivity index (χ0v) is 13.9. The average Bonchev–Trinajstić information content (AvgIpc) is 3.34. The van der Waals surface area contributed by atoms with Gasteiger partial charge in [-0.05, 0) is 43.7 Å². The van der Waals surface area contributed by atoms with E-state index in [0.29, 0.717) is 19.3 Å². The summed E-state index contributed by atoms with van der Waals surface area (Å²) in [6, 6.07) is 5.41. The fourth-order valence-corrected chi connectivity index (χ4v) is 3.75. The van der Waals surface area contributed by atoms with Gasteiger partial charge in [0, 0.05) is 18.5 Å². The zero-order chi connectivity index (χ0) is 18.4. The molecule has 2 aliphatic rings. The molecule has 0 spiro atoms. The van der Waals surface area contributed by atoms with Crippen LogP contribution in [0, 0.1) is 11.8 Å². The van der Waals surface area contributed by atoms with Crippen molar-refractivity contribution in [2.24, 2.45) is 17.6 Å². The van der Waals surface area contributed by atoms with Crippen molar-refractivity contribution in [1.29, 1.82) is 0 Å². The van der Waals surface area contributed by atoms with Gasteiger partial charge in [0.05, 0.1) is 11.5 Å². The van der Waals surface area contributed by atoms with Gasteiger partial charge in [-0.1, -0.05) is 18.2 Å². The van der Waals surface area contributed by atoms with Gasteiger partial charge in [0.1, 0.15) is 0 Å². The zero-order valence-electron chi connectivity index (χ0n) is 13.9. The first kappa shape index (κ1) is 17.8. The van der Waals surface area contributed by atoms with Gasteiger partial charge in [0.15, 0.2) is 0 Å². The number of nitrogens with two attached hydrogens (primary N) is 1. The molecule has 2 N–H and O–H groups in total. The standard InChI is InChI=1S/C18H21F3N2O2/c1-10-6-7-11(16(22)24)9-23(10)17(25)14-8-13(14)12-4-2-3-5-15(12)18(19,20)21/h2-5,10-11,13-14H,6-9H2,1H3,(H2,22,24)/t10-,11+,13+,14+/m1/s1. The number of hydrogen-bond donors (Lipinski definition) is 1. The molecule has 1 aliphatic carbocycles. The number of carbonyl (C=O) groups excluding carboxylic acids is 2. The largest absolute Gasteiger partial charge is 0.416 e. The van der Waals surface area contributed by atoms with Crippen LogP contribution in [0.2, 0.25) is 0 Å². The Kier molecular flexibility index (Phi) is 4.51. The number of alkyl halides is 3. The summed E-state index contributed by atoms with van der Waals surface area (Å²) in [5, 5.41) is 0. The van der Waals surface area contributed by atoms with Crippen LogP contribution in [0.1, 0.15) is 43.2 Å². The maximum absolute atomic E-state index is 13.2. The molecule has 25 heavy (non-hydrogen) atoms. The van der Waals surface area contributed by atoms with Gasteiger partial charge in [-0.3, -0.25) is 9.59 Å². The van der Waals surface area contributed by atoms with Crippen molar-refractivity contribution in [3.63, 3.8) is 0 Å². The monoisotopic (exact) mass is 354 g/mol. The van der Waals surface area contributed by atoms with Crippen LogP contribution < -0.4 is 5.73 Å². The third kappa shape index (κ3) is 3.50. The molecule has 0 radical (unpaired) electrons. The Hall–Kier alpha value is -2.05. The molecule has 136 valence electrons. The maximum Gasteiger partial charge on any atom is 0.416 e. The highest BCUT2D eigenvalue weighted by Gasteiger charge is 2.50. The van der Waals surface area contributed by atoms with Gasteiger partial charge < -0.3 is 10.6 Å². The van der Waals surface area contributed by atoms with Gasteiger partial charge in [-0.2, -0.15) is 13.2 Å². The summed E-state index contributed by atoms with van der Waals surface area (Å²) >= 11 is 0. The smallest absolute Gasteiger partial charge is 0.369 e. The highest BCUT2D eigenvalue weighted by Crippen LogP contribution is 2.52. The molecule has 1 aliphatic heterocycles. The molecule has 0 bridgehead atoms. The van der Waals surface area contributed by atoms with Crippen molar-refractivity contribution in [2.45, 2.75) is 44.3 Å². The minimum Gasteiger partial charge on any atom is -0.369 e. The number of carbonyl (C=O) groups is 2. The molecule has 0 unspecified atom stereocenters. The number of nitrogens with zero attached hydrogens (tertiary/aromatic N) is 1. The number of hydrogen-bond acceptors (Lipinski definition) is 2. The molecule has 4 atom stereocenters. The van der Waals surface area contributed by atoms with E-state index in [1.807, 2.05) is 6.92 Å². The van der Waals surface area contributed by atoms with Crippen molar-refractivity contribution in [1.82, 2.24) is 4.90 Å². The first-order valence-electron chi connectivity index (χ1n) is 8.46. The lowest BCUT2D eigenvalue weighted by atomic mass is 9.92. The fraction of sp³-hybridized carbons (Fsp3) is 0.556. The van der Waals surface area contributed by atoms with Crippen LogP contribution >= 0.6 is 0 Å². The predicted molar refractivity (Wildman–Crippen MR) is 85.4 cm³/mol. The summed E-state index contributed by atoms with van der Waals surface area (Å²) in [6.07, 6.45) is -2.69. The molecular formula is C18H21F3N2O2. The molecule has 1 aromatic rings. The van der Waals surface area contributed by atoms with Gasteiger partial charge in [-0.25, -0.2) is 0 Å². The molecule has 3 rings (SSSR count). The number of rotatable bonds is 3. The molecule has 7 heteroatoms. The minimum absolute atomic E-state index is 0.0257. The topological polar surface area (TPSA) is 63.4 Å². The molecule has 1 saturated carbocycles. The van der Waals surface area contributed by atoms with E-state index < -0.39 is 29.5 Å². The van der Waals surface area contributed by atoms with Crippen LogP contribution in [0.4, 0.5) is 13.2 Å². The van der Waals surface area contributed by atoms with Crippen molar-refractivity contribution in [3.05, 3.63) is 35.4 Å². The Bertz CT molecular complexity index is 689. The SMILES string of the molecule is C[C@@H]1CC[C@H](C(N)=O)CN1C(=O)[C@H]1C[C@H]1c1ccccc1C(F)(F)F. The van der Waals surface area contributed by atoms with Gasteiger partial charge in [-0.15, -0.1) is 0 Å². The van der Waals surface area contributed by atoms with E-state index in [1.165, 1.54) is 12.1 Å². The Morgan fingerprint density at radius 2 is 1.88 bits per heavy atom. The second kappa shape index (κ2) is 6.35. The summed E-state index contributed by atoms with van der Waals surface area (Å²) in [7, 11) is 0. The molecule has 1 aromatic carbocycles. The number of likely N-dealkylation sites (tertiary alicyclic amines) is 1. The van der Waals surface area contributed by atoms with Gasteiger partial charge in [0.25, 0.3) is 0 Å². The molecular weight excluding hydrogens is 333 g/mol. The van der Waals surface area contributed by atoms with Crippen LogP contribution in [0.25, 0.3) is 0 Å². The molecule has 0 aromatic heterocycles. The molecule has 4 nitrogen and oxygen atoms in total. The Balaban J connectivity index is 1.75. The molecule has 1 heterocycles. The molecule has 1 saturated heterocycles. The quantitative estimate of drug-likeness (QED) is 0.907. The van der Waals surface area contributed by atoms with E-state index >= 15 is 0 Å². The van der Waals surface area contributed by atoms with Crippen molar-refractivity contribution in [2.75, 3.05) is 6.54 Å². The van der Waals surface area contributed by atoms with Gasteiger partial charge >= 0.3 is 6.18 Å². The lowest BCUT2D eigenvalue weighted by molar-refractivity contribution is -0.140. The summed E-state index contributed by atoms with van der Waals surface area (Å²) in [4.78, 5) is 25.8. The third-order valence-corrected chi connectivity index (χ3v) is 5.34. The minimum atomic E-state index is -4.43. The van der Waals surface area contributed by atoms with E-state index in [4.69, 9.17) is 5.73 Å². The first-order valence-corrected chi connectivity index (χ1v) is 8.46. The number of piperidine rings is 1. The highest BCUT2D eigenvalue weighted by atomic mass is 19.4. The van der Waals surface area contributed by atoms with E-state index in [-0.39, 0.29) is 30.0 Å². The van der Waals surface area contributed by atoms with Crippen LogP contribution in [-0.2, 0) is 15.8 Å². The van der Waals surface area contributed by atoms with Crippen LogP contribution in [0.5, 0.6) is 0 Å². The van der Waals surface area contributed by atoms with Gasteiger partial charge in [0.2, 0.25) is 11.8 Å². The van der Waals surface area contributed by atoms with Crippen LogP contribution in [-0.4, -0.2) is 29.3 Å². The van der Waals surface area contributed by atoms with Crippen molar-refractivity contribution >= 4 is 11.8 Å². The normalized spacial score (nSPS) is 29.4. The lowest BCUT2D eigenvalue weighted by Gasteiger charge is -2.37. The van der Waals surface area contributed by atoms with E-state index in [9.17, 15) is 22.8 Å². The number of benzene rings is 1. The number of primary amides is 1. The van der Waals surface area contributed by atoms with Crippen molar-refractivity contribution < 1.29 is 22.8 Å². The second-order valence-electron chi connectivity index (χ2n) is 7.05. The number of halogens is 3. The average molecular weight is 354 g/mol. The Labute approximate surface area is 144 Å².